The van der Waals surface area contributed by atoms with Crippen molar-refractivity contribution in [2.75, 3.05) is 0 Å². The molecule has 0 radical (unpaired) electrons. The van der Waals surface area contributed by atoms with E-state index >= 15 is 0 Å². The van der Waals surface area contributed by atoms with Gasteiger partial charge in [-0.3, -0.25) is 0 Å². The molecule has 7 heteroatoms. The number of ether oxygens (including phenoxy) is 1. The van der Waals surface area contributed by atoms with Gasteiger partial charge in [-0.05, 0) is 36.7 Å². The summed E-state index contributed by atoms with van der Waals surface area (Å²) in [5.74, 6) is 0.0325. The van der Waals surface area contributed by atoms with E-state index in [4.69, 9.17) is 9.88 Å². The van der Waals surface area contributed by atoms with Gasteiger partial charge in [0, 0.05) is 5.38 Å². The molecule has 0 amide bonds. The monoisotopic (exact) mass is 331 g/mol. The predicted molar refractivity (Wildman–Crippen MR) is 81.7 cm³/mol. The molecule has 118 valence electrons. The van der Waals surface area contributed by atoms with Gasteiger partial charge in [0.15, 0.2) is 0 Å². The fourth-order valence-corrected chi connectivity index (χ4v) is 4.71. The van der Waals surface area contributed by atoms with Gasteiger partial charge in [-0.15, -0.1) is 11.3 Å². The van der Waals surface area contributed by atoms with Gasteiger partial charge in [0.1, 0.15) is 10.3 Å². The molecular formula is C14H21NO4S2. The summed E-state index contributed by atoms with van der Waals surface area (Å²) < 4.78 is 28.0. The first kappa shape index (κ1) is 16.5. The van der Waals surface area contributed by atoms with Gasteiger partial charge < -0.3 is 4.74 Å². The van der Waals surface area contributed by atoms with E-state index in [-0.39, 0.29) is 21.3 Å². The molecule has 2 rings (SSSR count). The van der Waals surface area contributed by atoms with Crippen molar-refractivity contribution in [3.05, 3.63) is 17.0 Å². The molecule has 21 heavy (non-hydrogen) atoms. The highest BCUT2D eigenvalue weighted by molar-refractivity contribution is 7.91. The van der Waals surface area contributed by atoms with Crippen molar-refractivity contribution in [3.63, 3.8) is 0 Å². The van der Waals surface area contributed by atoms with E-state index in [0.717, 1.165) is 30.6 Å². The van der Waals surface area contributed by atoms with Crippen molar-refractivity contribution >= 4 is 27.3 Å². The Morgan fingerprint density at radius 2 is 2.10 bits per heavy atom. The van der Waals surface area contributed by atoms with Crippen molar-refractivity contribution in [3.8, 4) is 0 Å². The number of esters is 1. The zero-order valence-electron chi connectivity index (χ0n) is 12.5. The van der Waals surface area contributed by atoms with E-state index in [1.807, 2.05) is 0 Å². The maximum atomic E-state index is 12.1. The zero-order valence-corrected chi connectivity index (χ0v) is 14.1. The fraction of sp³-hybridized carbons (Fsp3) is 0.643. The highest BCUT2D eigenvalue weighted by atomic mass is 32.2. The number of hydrogen-bond acceptors (Lipinski definition) is 5. The maximum absolute atomic E-state index is 12.1. The van der Waals surface area contributed by atoms with E-state index in [1.54, 1.807) is 0 Å². The molecule has 0 aromatic carbocycles. The molecule has 0 bridgehead atoms. The topological polar surface area (TPSA) is 86.5 Å². The third-order valence-corrected chi connectivity index (χ3v) is 6.10. The summed E-state index contributed by atoms with van der Waals surface area (Å²) in [5, 5.41) is 6.51. The number of hydrogen-bond donors (Lipinski definition) is 1. The normalized spacial score (nSPS) is 25.5. The summed E-state index contributed by atoms with van der Waals surface area (Å²) in [5.41, 5.74) is 0.406. The predicted octanol–water partition coefficient (Wildman–Crippen LogP) is 2.77. The zero-order chi connectivity index (χ0) is 15.8. The van der Waals surface area contributed by atoms with Gasteiger partial charge in [0.2, 0.25) is 10.0 Å². The number of primary sulfonamides is 1. The molecule has 2 unspecified atom stereocenters. The van der Waals surface area contributed by atoms with Crippen LogP contribution in [0.15, 0.2) is 15.7 Å². The van der Waals surface area contributed by atoms with Gasteiger partial charge in [0.25, 0.3) is 0 Å². The van der Waals surface area contributed by atoms with Crippen LogP contribution >= 0.6 is 11.3 Å². The quantitative estimate of drug-likeness (QED) is 0.863. The van der Waals surface area contributed by atoms with Crippen LogP contribution in [0, 0.1) is 11.3 Å². The van der Waals surface area contributed by atoms with Gasteiger partial charge in [-0.1, -0.05) is 20.8 Å². The Hall–Kier alpha value is -0.920. The second-order valence-corrected chi connectivity index (χ2v) is 9.34. The minimum atomic E-state index is -3.77. The van der Waals surface area contributed by atoms with Crippen molar-refractivity contribution in [1.29, 1.82) is 0 Å². The molecule has 1 heterocycles. The third kappa shape index (κ3) is 4.28. The lowest BCUT2D eigenvalue weighted by Gasteiger charge is -2.38. The summed E-state index contributed by atoms with van der Waals surface area (Å²) in [6.07, 6.45) is 2.68. The first-order valence-electron chi connectivity index (χ1n) is 6.89. The van der Waals surface area contributed by atoms with E-state index in [1.165, 1.54) is 11.4 Å². The van der Waals surface area contributed by atoms with Crippen LogP contribution in [0.4, 0.5) is 0 Å². The Bertz CT molecular complexity index is 633. The Morgan fingerprint density at radius 3 is 2.62 bits per heavy atom. The van der Waals surface area contributed by atoms with Crippen LogP contribution in [-0.2, 0) is 14.8 Å². The summed E-state index contributed by atoms with van der Waals surface area (Å²) in [6.45, 7) is 6.51. The molecule has 0 aliphatic heterocycles. The minimum absolute atomic E-state index is 0.0215. The number of thiophene rings is 1. The molecule has 0 spiro atoms. The minimum Gasteiger partial charge on any atom is -0.459 e. The standard InChI is InChI=1S/C14H21NO4S2/c1-9-4-11(7-14(2,3)6-9)19-13(16)10-5-12(20-8-10)21(15,17)18/h5,8-9,11H,4,6-7H2,1-3H3,(H2,15,17,18). The molecule has 2 atom stereocenters. The lowest BCUT2D eigenvalue weighted by Crippen LogP contribution is -2.33. The van der Waals surface area contributed by atoms with E-state index in [9.17, 15) is 13.2 Å². The first-order chi connectivity index (χ1) is 9.57. The Labute approximate surface area is 129 Å². The first-order valence-corrected chi connectivity index (χ1v) is 9.32. The molecule has 1 saturated carbocycles. The average Bonchev–Trinajstić information content (AvgIpc) is 2.73. The summed E-state index contributed by atoms with van der Waals surface area (Å²) in [7, 11) is -3.77. The van der Waals surface area contributed by atoms with Gasteiger partial charge >= 0.3 is 5.97 Å². The van der Waals surface area contributed by atoms with Crippen LogP contribution in [0.5, 0.6) is 0 Å². The smallest absolute Gasteiger partial charge is 0.339 e. The van der Waals surface area contributed by atoms with Crippen LogP contribution in [0.3, 0.4) is 0 Å². The Balaban J connectivity index is 2.06. The largest absolute Gasteiger partial charge is 0.459 e. The molecule has 1 aromatic heterocycles. The van der Waals surface area contributed by atoms with Gasteiger partial charge in [-0.2, -0.15) is 0 Å². The number of sulfonamides is 1. The Kier molecular flexibility index (Phi) is 4.46. The molecule has 1 aliphatic rings. The van der Waals surface area contributed by atoms with Gasteiger partial charge in [0.05, 0.1) is 5.56 Å². The number of nitrogens with two attached hydrogens (primary N) is 1. The van der Waals surface area contributed by atoms with Crippen molar-refractivity contribution < 1.29 is 17.9 Å². The van der Waals surface area contributed by atoms with Crippen molar-refractivity contribution in [2.45, 2.75) is 50.3 Å². The SMILES string of the molecule is CC1CC(OC(=O)c2csc(S(N)(=O)=O)c2)CC(C)(C)C1. The maximum Gasteiger partial charge on any atom is 0.339 e. The van der Waals surface area contributed by atoms with E-state index < -0.39 is 16.0 Å². The van der Waals surface area contributed by atoms with Crippen LogP contribution < -0.4 is 5.14 Å². The molecule has 1 fully saturated rings. The average molecular weight is 331 g/mol. The molecular weight excluding hydrogens is 310 g/mol. The molecule has 1 aromatic rings. The van der Waals surface area contributed by atoms with Crippen LogP contribution in [0.1, 0.15) is 50.4 Å². The highest BCUT2D eigenvalue weighted by Gasteiger charge is 2.34. The number of rotatable bonds is 3. The van der Waals surface area contributed by atoms with Crippen molar-refractivity contribution in [2.24, 2.45) is 16.5 Å². The molecule has 5 nitrogen and oxygen atoms in total. The molecule has 1 aliphatic carbocycles. The number of carbonyl (C=O) groups is 1. The summed E-state index contributed by atoms with van der Waals surface area (Å²) >= 11 is 0.933. The molecule has 0 saturated heterocycles. The van der Waals surface area contributed by atoms with Crippen molar-refractivity contribution in [1.82, 2.24) is 0 Å². The van der Waals surface area contributed by atoms with E-state index in [0.29, 0.717) is 5.92 Å². The fourth-order valence-electron chi connectivity index (χ4n) is 3.14. The lowest BCUT2D eigenvalue weighted by molar-refractivity contribution is -0.00711. The third-order valence-electron chi connectivity index (χ3n) is 3.71. The van der Waals surface area contributed by atoms with E-state index in [2.05, 4.69) is 20.8 Å². The second-order valence-electron chi connectivity index (χ2n) is 6.64. The highest BCUT2D eigenvalue weighted by Crippen LogP contribution is 2.40. The lowest BCUT2D eigenvalue weighted by atomic mass is 9.71. The Morgan fingerprint density at radius 1 is 1.43 bits per heavy atom. The summed E-state index contributed by atoms with van der Waals surface area (Å²) in [6, 6.07) is 1.28. The summed E-state index contributed by atoms with van der Waals surface area (Å²) in [4.78, 5) is 12.1. The number of carbonyl (C=O) groups excluding carboxylic acids is 1. The second kappa shape index (κ2) is 5.70. The van der Waals surface area contributed by atoms with Crippen LogP contribution in [0.25, 0.3) is 0 Å². The van der Waals surface area contributed by atoms with Crippen LogP contribution in [0.2, 0.25) is 0 Å². The van der Waals surface area contributed by atoms with Gasteiger partial charge in [-0.25, -0.2) is 18.4 Å². The molecule has 2 N–H and O–H groups in total. The van der Waals surface area contributed by atoms with Crippen LogP contribution in [-0.4, -0.2) is 20.5 Å².